The van der Waals surface area contributed by atoms with Gasteiger partial charge in [-0.05, 0) is 36.1 Å². The van der Waals surface area contributed by atoms with E-state index in [2.05, 4.69) is 51.3 Å². The molecule has 0 heterocycles. The second kappa shape index (κ2) is 9.73. The number of nitrogens with zero attached hydrogens (tertiary/aromatic N) is 1. The van der Waals surface area contributed by atoms with Crippen molar-refractivity contribution in [2.45, 2.75) is 24.8 Å². The molecule has 3 N–H and O–H groups in total. The van der Waals surface area contributed by atoms with E-state index in [4.69, 9.17) is 0 Å². The van der Waals surface area contributed by atoms with Crippen LogP contribution in [-0.2, 0) is 12.0 Å². The van der Waals surface area contributed by atoms with E-state index in [1.54, 1.807) is 14.1 Å². The largest absolute Gasteiger partial charge is 0.356 e. The molecule has 1 saturated carbocycles. The lowest BCUT2D eigenvalue weighted by Crippen LogP contribution is -2.40. The quantitative estimate of drug-likeness (QED) is 0.340. The molecule has 0 bridgehead atoms. The van der Waals surface area contributed by atoms with Gasteiger partial charge >= 0.3 is 0 Å². The van der Waals surface area contributed by atoms with E-state index in [9.17, 15) is 4.79 Å². The minimum Gasteiger partial charge on any atom is -0.356 e. The molecule has 0 atom stereocenters. The van der Waals surface area contributed by atoms with Gasteiger partial charge < -0.3 is 16.0 Å². The van der Waals surface area contributed by atoms with E-state index in [0.717, 1.165) is 18.1 Å². The van der Waals surface area contributed by atoms with Crippen molar-refractivity contribution in [3.63, 3.8) is 0 Å². The summed E-state index contributed by atoms with van der Waals surface area (Å²) in [5.74, 6) is 0.699. The summed E-state index contributed by atoms with van der Waals surface area (Å²) in [6, 6.07) is 18.3. The van der Waals surface area contributed by atoms with Crippen molar-refractivity contribution in [2.24, 2.45) is 4.99 Å². The Hall–Kier alpha value is -2.09. The molecule has 0 unspecified atom stereocenters. The van der Waals surface area contributed by atoms with Crippen LogP contribution in [0.25, 0.3) is 0 Å². The molecule has 1 aliphatic rings. The number of hydrogen-bond donors (Lipinski definition) is 3. The first-order valence-corrected chi connectivity index (χ1v) is 8.98. The number of halogens is 1. The average Bonchev–Trinajstić information content (AvgIpc) is 3.49. The van der Waals surface area contributed by atoms with Crippen molar-refractivity contribution in [3.8, 4) is 0 Å². The minimum absolute atomic E-state index is 0. The number of carbonyl (C=O) groups excluding carboxylic acids is 1. The highest BCUT2D eigenvalue weighted by molar-refractivity contribution is 14.0. The van der Waals surface area contributed by atoms with Crippen LogP contribution in [-0.4, -0.2) is 32.5 Å². The first-order chi connectivity index (χ1) is 12.7. The van der Waals surface area contributed by atoms with Gasteiger partial charge in [0.15, 0.2) is 5.96 Å². The normalized spacial score (nSPS) is 14.7. The van der Waals surface area contributed by atoms with Crippen molar-refractivity contribution >= 4 is 35.8 Å². The summed E-state index contributed by atoms with van der Waals surface area (Å²) in [5, 5.41) is 9.43. The molecule has 0 aliphatic heterocycles. The Morgan fingerprint density at radius 1 is 1.07 bits per heavy atom. The van der Waals surface area contributed by atoms with E-state index in [0.29, 0.717) is 12.1 Å². The van der Waals surface area contributed by atoms with Crippen LogP contribution in [0.15, 0.2) is 59.6 Å². The third-order valence-electron chi connectivity index (χ3n) is 4.93. The van der Waals surface area contributed by atoms with Crippen LogP contribution < -0.4 is 16.0 Å². The Balaban J connectivity index is 0.00000261. The first-order valence-electron chi connectivity index (χ1n) is 8.98. The van der Waals surface area contributed by atoms with E-state index in [1.165, 1.54) is 18.4 Å². The molecule has 1 amide bonds. The van der Waals surface area contributed by atoms with E-state index < -0.39 is 0 Å². The third kappa shape index (κ3) is 5.45. The molecule has 5 nitrogen and oxygen atoms in total. The molecule has 0 spiro atoms. The Kier molecular flexibility index (Phi) is 7.65. The molecule has 6 heteroatoms. The lowest BCUT2D eigenvalue weighted by Gasteiger charge is -2.19. The van der Waals surface area contributed by atoms with Gasteiger partial charge in [-0.1, -0.05) is 42.5 Å². The topological polar surface area (TPSA) is 65.5 Å². The summed E-state index contributed by atoms with van der Waals surface area (Å²) in [6.45, 7) is 1.48. The zero-order valence-electron chi connectivity index (χ0n) is 15.8. The average molecular weight is 478 g/mol. The van der Waals surface area contributed by atoms with Crippen LogP contribution >= 0.6 is 24.0 Å². The van der Waals surface area contributed by atoms with Crippen molar-refractivity contribution in [1.82, 2.24) is 16.0 Å². The summed E-state index contributed by atoms with van der Waals surface area (Å²) in [6.07, 6.45) is 2.41. The lowest BCUT2D eigenvalue weighted by molar-refractivity contribution is 0.0963. The molecule has 0 aromatic heterocycles. The van der Waals surface area contributed by atoms with E-state index in [-0.39, 0.29) is 35.3 Å². The summed E-state index contributed by atoms with van der Waals surface area (Å²) in [5.41, 5.74) is 3.33. The van der Waals surface area contributed by atoms with Gasteiger partial charge in [-0.15, -0.1) is 24.0 Å². The fourth-order valence-electron chi connectivity index (χ4n) is 3.14. The molecule has 1 fully saturated rings. The van der Waals surface area contributed by atoms with Crippen molar-refractivity contribution in [1.29, 1.82) is 0 Å². The van der Waals surface area contributed by atoms with Crippen molar-refractivity contribution < 1.29 is 4.79 Å². The second-order valence-electron chi connectivity index (χ2n) is 6.71. The summed E-state index contributed by atoms with van der Waals surface area (Å²) >= 11 is 0. The zero-order valence-corrected chi connectivity index (χ0v) is 18.1. The summed E-state index contributed by atoms with van der Waals surface area (Å²) < 4.78 is 0. The Bertz CT molecular complexity index is 788. The van der Waals surface area contributed by atoms with Crippen molar-refractivity contribution in [2.75, 3.05) is 20.6 Å². The predicted octanol–water partition coefficient (Wildman–Crippen LogP) is 3.06. The van der Waals surface area contributed by atoms with Gasteiger partial charge in [0.2, 0.25) is 0 Å². The highest BCUT2D eigenvalue weighted by Gasteiger charge is 2.43. The fourth-order valence-corrected chi connectivity index (χ4v) is 3.14. The standard InChI is InChI=1S/C21H26N4O.HI/c1-22-19(26)17-8-6-7-16(13-17)14-24-20(23-2)25-15-21(11-12-21)18-9-4-3-5-10-18;/h3-10,13H,11-12,14-15H2,1-2H3,(H,22,26)(H2,23,24,25);1H. The van der Waals surface area contributed by atoms with Gasteiger partial charge in [-0.3, -0.25) is 9.79 Å². The van der Waals surface area contributed by atoms with Crippen LogP contribution in [0.5, 0.6) is 0 Å². The van der Waals surface area contributed by atoms with Gasteiger partial charge in [-0.25, -0.2) is 0 Å². The monoisotopic (exact) mass is 478 g/mol. The van der Waals surface area contributed by atoms with Crippen LogP contribution in [0.4, 0.5) is 0 Å². The maximum atomic E-state index is 11.7. The smallest absolute Gasteiger partial charge is 0.251 e. The molecule has 0 radical (unpaired) electrons. The molecule has 2 aromatic rings. The predicted molar refractivity (Wildman–Crippen MR) is 121 cm³/mol. The van der Waals surface area contributed by atoms with E-state index >= 15 is 0 Å². The molecule has 0 saturated heterocycles. The molecular weight excluding hydrogens is 451 g/mol. The third-order valence-corrected chi connectivity index (χ3v) is 4.93. The molecule has 2 aromatic carbocycles. The number of benzene rings is 2. The number of guanidine groups is 1. The number of amides is 1. The van der Waals surface area contributed by atoms with Crippen LogP contribution in [0.2, 0.25) is 0 Å². The number of rotatable bonds is 6. The fraction of sp³-hybridized carbons (Fsp3) is 0.333. The van der Waals surface area contributed by atoms with Crippen LogP contribution in [0.1, 0.15) is 34.3 Å². The highest BCUT2D eigenvalue weighted by Crippen LogP contribution is 2.47. The SMILES string of the molecule is CN=C(NCc1cccc(C(=O)NC)c1)NCC1(c2ccccc2)CC1.I. The zero-order chi connectivity index (χ0) is 18.4. The molecule has 3 rings (SSSR count). The van der Waals surface area contributed by atoms with Crippen LogP contribution in [0, 0.1) is 0 Å². The van der Waals surface area contributed by atoms with Crippen molar-refractivity contribution in [3.05, 3.63) is 71.3 Å². The highest BCUT2D eigenvalue weighted by atomic mass is 127. The van der Waals surface area contributed by atoms with E-state index in [1.807, 2.05) is 24.3 Å². The first kappa shape index (κ1) is 21.2. The maximum Gasteiger partial charge on any atom is 0.251 e. The molecular formula is C21H27IN4O. The lowest BCUT2D eigenvalue weighted by atomic mass is 9.96. The number of nitrogens with one attached hydrogen (secondary N) is 3. The Morgan fingerprint density at radius 3 is 2.44 bits per heavy atom. The van der Waals surface area contributed by atoms with Gasteiger partial charge in [-0.2, -0.15) is 0 Å². The summed E-state index contributed by atoms with van der Waals surface area (Å²) in [7, 11) is 3.41. The minimum atomic E-state index is -0.0760. The number of carbonyl (C=O) groups is 1. The molecule has 144 valence electrons. The van der Waals surface area contributed by atoms with Crippen LogP contribution in [0.3, 0.4) is 0 Å². The van der Waals surface area contributed by atoms with Gasteiger partial charge in [0.1, 0.15) is 0 Å². The number of hydrogen-bond acceptors (Lipinski definition) is 2. The number of aliphatic imine (C=N–C) groups is 1. The van der Waals surface area contributed by atoms with Gasteiger partial charge in [0, 0.05) is 38.2 Å². The second-order valence-corrected chi connectivity index (χ2v) is 6.71. The molecule has 27 heavy (non-hydrogen) atoms. The molecule has 1 aliphatic carbocycles. The summed E-state index contributed by atoms with van der Waals surface area (Å²) in [4.78, 5) is 16.1. The van der Waals surface area contributed by atoms with Gasteiger partial charge in [0.25, 0.3) is 5.91 Å². The maximum absolute atomic E-state index is 11.7. The Labute approximate surface area is 178 Å². The Morgan fingerprint density at radius 2 is 1.81 bits per heavy atom. The van der Waals surface area contributed by atoms with Gasteiger partial charge in [0.05, 0.1) is 0 Å².